The summed E-state index contributed by atoms with van der Waals surface area (Å²) in [7, 11) is 0. The molecule has 21 heavy (non-hydrogen) atoms. The first-order valence-corrected chi connectivity index (χ1v) is 7.93. The SMILES string of the molecule is Cc1cc(N2CCN(C(C)C(N)=S)CC2)nc(C(C)C)n1. The molecule has 0 aromatic carbocycles. The van der Waals surface area contributed by atoms with E-state index in [9.17, 15) is 0 Å². The largest absolute Gasteiger partial charge is 0.392 e. The van der Waals surface area contributed by atoms with E-state index < -0.39 is 0 Å². The normalized spacial score (nSPS) is 18.0. The second kappa shape index (κ2) is 6.66. The molecular weight excluding hydrogens is 282 g/mol. The highest BCUT2D eigenvalue weighted by atomic mass is 32.1. The van der Waals surface area contributed by atoms with Crippen LogP contribution in [-0.4, -0.2) is 52.1 Å². The molecule has 0 aliphatic carbocycles. The summed E-state index contributed by atoms with van der Waals surface area (Å²) in [6, 6.07) is 2.24. The minimum absolute atomic E-state index is 0.167. The minimum atomic E-state index is 0.167. The Kier molecular flexibility index (Phi) is 5.11. The lowest BCUT2D eigenvalue weighted by Gasteiger charge is -2.38. The first-order chi connectivity index (χ1) is 9.88. The maximum absolute atomic E-state index is 5.74. The average molecular weight is 307 g/mol. The van der Waals surface area contributed by atoms with Crippen LogP contribution >= 0.6 is 12.2 Å². The number of thiocarbonyl (C=S) groups is 1. The molecule has 2 rings (SSSR count). The maximum Gasteiger partial charge on any atom is 0.133 e. The summed E-state index contributed by atoms with van der Waals surface area (Å²) in [6.45, 7) is 12.2. The molecule has 5 nitrogen and oxygen atoms in total. The smallest absolute Gasteiger partial charge is 0.133 e. The molecule has 1 aliphatic heterocycles. The zero-order valence-corrected chi connectivity index (χ0v) is 14.2. The highest BCUT2D eigenvalue weighted by molar-refractivity contribution is 7.80. The van der Waals surface area contributed by atoms with Crippen LogP contribution in [0, 0.1) is 6.92 Å². The van der Waals surface area contributed by atoms with Gasteiger partial charge in [-0.25, -0.2) is 9.97 Å². The van der Waals surface area contributed by atoms with E-state index in [4.69, 9.17) is 22.9 Å². The number of nitrogens with zero attached hydrogens (tertiary/aromatic N) is 4. The number of piperazine rings is 1. The summed E-state index contributed by atoms with van der Waals surface area (Å²) in [5.74, 6) is 2.30. The van der Waals surface area contributed by atoms with Crippen LogP contribution in [0.3, 0.4) is 0 Å². The third kappa shape index (κ3) is 3.89. The molecule has 0 spiro atoms. The molecule has 0 saturated carbocycles. The molecule has 1 aliphatic rings. The number of hydrogen-bond acceptors (Lipinski definition) is 5. The number of nitrogens with two attached hydrogens (primary N) is 1. The van der Waals surface area contributed by atoms with E-state index in [2.05, 4.69) is 41.6 Å². The standard InChI is InChI=1S/C15H25N5S/c1-10(2)15-17-11(3)9-13(18-15)20-7-5-19(6-8-20)12(4)14(16)21/h9-10,12H,5-8H2,1-4H3,(H2,16,21). The zero-order valence-electron chi connectivity index (χ0n) is 13.3. The van der Waals surface area contributed by atoms with Gasteiger partial charge in [0.25, 0.3) is 0 Å². The van der Waals surface area contributed by atoms with Crippen molar-refractivity contribution < 1.29 is 0 Å². The van der Waals surface area contributed by atoms with Crippen molar-refractivity contribution in [3.8, 4) is 0 Å². The number of hydrogen-bond donors (Lipinski definition) is 1. The topological polar surface area (TPSA) is 58.3 Å². The molecule has 1 atom stereocenters. The van der Waals surface area contributed by atoms with Crippen LogP contribution in [-0.2, 0) is 0 Å². The summed E-state index contributed by atoms with van der Waals surface area (Å²) in [5.41, 5.74) is 6.77. The summed E-state index contributed by atoms with van der Waals surface area (Å²) in [4.78, 5) is 14.4. The Balaban J connectivity index is 2.07. The van der Waals surface area contributed by atoms with Gasteiger partial charge in [0.1, 0.15) is 11.6 Å². The van der Waals surface area contributed by atoms with E-state index in [1.54, 1.807) is 0 Å². The fourth-order valence-corrected chi connectivity index (χ4v) is 2.66. The molecule has 1 aromatic rings. The van der Waals surface area contributed by atoms with Gasteiger partial charge in [0.2, 0.25) is 0 Å². The average Bonchev–Trinajstić information content (AvgIpc) is 2.45. The third-order valence-corrected chi connectivity index (χ3v) is 4.31. The van der Waals surface area contributed by atoms with E-state index in [1.807, 2.05) is 6.92 Å². The van der Waals surface area contributed by atoms with Gasteiger partial charge in [-0.3, -0.25) is 4.90 Å². The van der Waals surface area contributed by atoms with Crippen molar-refractivity contribution in [3.63, 3.8) is 0 Å². The van der Waals surface area contributed by atoms with Crippen molar-refractivity contribution in [3.05, 3.63) is 17.6 Å². The molecule has 116 valence electrons. The molecule has 0 radical (unpaired) electrons. The first-order valence-electron chi connectivity index (χ1n) is 7.52. The Morgan fingerprint density at radius 3 is 2.33 bits per heavy atom. The monoisotopic (exact) mass is 307 g/mol. The quantitative estimate of drug-likeness (QED) is 0.855. The van der Waals surface area contributed by atoms with E-state index in [0.29, 0.717) is 10.9 Å². The highest BCUT2D eigenvalue weighted by Gasteiger charge is 2.23. The predicted molar refractivity (Wildman–Crippen MR) is 90.9 cm³/mol. The Morgan fingerprint density at radius 1 is 1.19 bits per heavy atom. The van der Waals surface area contributed by atoms with Crippen LogP contribution in [0.1, 0.15) is 38.2 Å². The van der Waals surface area contributed by atoms with Crippen LogP contribution in [0.15, 0.2) is 6.07 Å². The van der Waals surface area contributed by atoms with Gasteiger partial charge < -0.3 is 10.6 Å². The lowest BCUT2D eigenvalue weighted by Crippen LogP contribution is -2.53. The molecule has 1 aromatic heterocycles. The Bertz CT molecular complexity index is 509. The van der Waals surface area contributed by atoms with Gasteiger partial charge in [0.15, 0.2) is 0 Å². The molecular formula is C15H25N5S. The van der Waals surface area contributed by atoms with Crippen molar-refractivity contribution in [2.24, 2.45) is 5.73 Å². The summed E-state index contributed by atoms with van der Waals surface area (Å²) < 4.78 is 0. The van der Waals surface area contributed by atoms with Crippen LogP contribution < -0.4 is 10.6 Å². The zero-order chi connectivity index (χ0) is 15.6. The third-order valence-electron chi connectivity index (χ3n) is 3.97. The van der Waals surface area contributed by atoms with Gasteiger partial charge in [0.05, 0.1) is 11.0 Å². The Hall–Kier alpha value is -1.27. The lowest BCUT2D eigenvalue weighted by molar-refractivity contribution is 0.238. The minimum Gasteiger partial charge on any atom is -0.392 e. The molecule has 0 amide bonds. The van der Waals surface area contributed by atoms with E-state index in [0.717, 1.165) is 43.5 Å². The van der Waals surface area contributed by atoms with Crippen molar-refractivity contribution in [2.45, 2.75) is 39.7 Å². The molecule has 2 N–H and O–H groups in total. The first kappa shape index (κ1) is 16.1. The van der Waals surface area contributed by atoms with Crippen LogP contribution in [0.4, 0.5) is 5.82 Å². The fraction of sp³-hybridized carbons (Fsp3) is 0.667. The van der Waals surface area contributed by atoms with Crippen molar-refractivity contribution in [1.29, 1.82) is 0 Å². The fourth-order valence-electron chi connectivity index (χ4n) is 2.51. The van der Waals surface area contributed by atoms with Crippen molar-refractivity contribution >= 4 is 23.0 Å². The van der Waals surface area contributed by atoms with Crippen LogP contribution in [0.5, 0.6) is 0 Å². The lowest BCUT2D eigenvalue weighted by atomic mass is 10.2. The second-order valence-corrected chi connectivity index (χ2v) is 6.45. The maximum atomic E-state index is 5.74. The molecule has 6 heteroatoms. The number of anilines is 1. The summed E-state index contributed by atoms with van der Waals surface area (Å²) in [6.07, 6.45) is 0. The summed E-state index contributed by atoms with van der Waals surface area (Å²) >= 11 is 5.09. The van der Waals surface area contributed by atoms with Gasteiger partial charge in [-0.2, -0.15) is 0 Å². The highest BCUT2D eigenvalue weighted by Crippen LogP contribution is 2.19. The van der Waals surface area contributed by atoms with Gasteiger partial charge in [-0.15, -0.1) is 0 Å². The van der Waals surface area contributed by atoms with Crippen molar-refractivity contribution in [1.82, 2.24) is 14.9 Å². The molecule has 2 heterocycles. The van der Waals surface area contributed by atoms with E-state index in [-0.39, 0.29) is 6.04 Å². The molecule has 1 unspecified atom stereocenters. The Morgan fingerprint density at radius 2 is 1.81 bits per heavy atom. The summed E-state index contributed by atoms with van der Waals surface area (Å²) in [5, 5.41) is 0. The van der Waals surface area contributed by atoms with Gasteiger partial charge in [-0.05, 0) is 13.8 Å². The molecule has 1 fully saturated rings. The molecule has 1 saturated heterocycles. The van der Waals surface area contributed by atoms with Gasteiger partial charge >= 0.3 is 0 Å². The van der Waals surface area contributed by atoms with Gasteiger partial charge in [-0.1, -0.05) is 26.1 Å². The number of aromatic nitrogens is 2. The predicted octanol–water partition coefficient (Wildman–Crippen LogP) is 1.71. The number of aryl methyl sites for hydroxylation is 1. The van der Waals surface area contributed by atoms with Crippen LogP contribution in [0.25, 0.3) is 0 Å². The van der Waals surface area contributed by atoms with Gasteiger partial charge in [0, 0.05) is 43.9 Å². The van der Waals surface area contributed by atoms with Crippen LogP contribution in [0.2, 0.25) is 0 Å². The number of rotatable bonds is 4. The van der Waals surface area contributed by atoms with E-state index >= 15 is 0 Å². The van der Waals surface area contributed by atoms with E-state index in [1.165, 1.54) is 0 Å². The van der Waals surface area contributed by atoms with Crippen molar-refractivity contribution in [2.75, 3.05) is 31.1 Å². The molecule has 0 bridgehead atoms. The Labute approximate surface area is 132 Å². The second-order valence-electron chi connectivity index (χ2n) is 5.98.